The molecule has 3 N–H and O–H groups in total. The molecule has 2 aromatic carbocycles. The maximum absolute atomic E-state index is 14.2. The molecule has 0 bridgehead atoms. The molecule has 4 atom stereocenters. The number of aromatic hydroxyl groups is 1. The fourth-order valence-corrected chi connectivity index (χ4v) is 8.08. The number of imide groups is 1. The Morgan fingerprint density at radius 3 is 2.33 bits per heavy atom. The van der Waals surface area contributed by atoms with Crippen molar-refractivity contribution >= 4 is 23.5 Å². The van der Waals surface area contributed by atoms with Crippen LogP contribution in [0.3, 0.4) is 0 Å². The van der Waals surface area contributed by atoms with Gasteiger partial charge in [-0.2, -0.15) is 0 Å². The Hall–Kier alpha value is -4.11. The second-order valence-electron chi connectivity index (χ2n) is 13.8. The third-order valence-corrected chi connectivity index (χ3v) is 10.5. The van der Waals surface area contributed by atoms with Gasteiger partial charge in [0, 0.05) is 43.4 Å². The van der Waals surface area contributed by atoms with Crippen LogP contribution in [0, 0.1) is 23.7 Å². The molecule has 6 rings (SSSR count). The van der Waals surface area contributed by atoms with Gasteiger partial charge in [-0.25, -0.2) is 0 Å². The highest BCUT2D eigenvalue weighted by Gasteiger charge is 2.56. The Kier molecular flexibility index (Phi) is 10.5. The highest BCUT2D eigenvalue weighted by molar-refractivity contribution is 6.06. The highest BCUT2D eigenvalue weighted by atomic mass is 16.3. The largest absolute Gasteiger partial charge is 0.507 e. The molecule has 1 aliphatic carbocycles. The summed E-state index contributed by atoms with van der Waals surface area (Å²) in [6, 6.07) is 22.9. The summed E-state index contributed by atoms with van der Waals surface area (Å²) < 4.78 is 0. The number of phenolic OH excluding ortho intramolecular Hbond substituents is 1. The first-order valence-electron chi connectivity index (χ1n) is 17.3. The van der Waals surface area contributed by atoms with Gasteiger partial charge in [-0.3, -0.25) is 24.4 Å². The van der Waals surface area contributed by atoms with Crippen LogP contribution in [0.15, 0.2) is 90.1 Å². The highest BCUT2D eigenvalue weighted by Crippen LogP contribution is 2.49. The minimum Gasteiger partial charge on any atom is -0.507 e. The molecule has 0 unspecified atom stereocenters. The van der Waals surface area contributed by atoms with E-state index in [1.165, 1.54) is 10.5 Å². The predicted octanol–water partition coefficient (Wildman–Crippen LogP) is 5.70. The molecule has 3 aliphatic rings. The molecule has 3 heterocycles. The summed E-state index contributed by atoms with van der Waals surface area (Å²) >= 11 is 0. The number of para-hydroxylation sites is 1. The fraction of sp³-hybridized carbons (Fsp3) is 0.425. The van der Waals surface area contributed by atoms with Crippen LogP contribution in [0.1, 0.15) is 62.8 Å². The maximum Gasteiger partial charge on any atom is 0.234 e. The molecule has 2 fully saturated rings. The first kappa shape index (κ1) is 33.8. The topological polar surface area (TPSA) is 114 Å². The lowest BCUT2D eigenvalue weighted by Gasteiger charge is -2.38. The van der Waals surface area contributed by atoms with Crippen molar-refractivity contribution in [2.24, 2.45) is 23.7 Å². The first-order chi connectivity index (χ1) is 23.3. The van der Waals surface area contributed by atoms with Gasteiger partial charge >= 0.3 is 0 Å². The van der Waals surface area contributed by atoms with E-state index in [4.69, 9.17) is 0 Å². The Morgan fingerprint density at radius 1 is 0.958 bits per heavy atom. The predicted molar refractivity (Wildman–Crippen MR) is 186 cm³/mol. The third-order valence-electron chi connectivity index (χ3n) is 10.5. The molecular formula is C40H47N3O5. The number of benzene rings is 2. The van der Waals surface area contributed by atoms with Gasteiger partial charge in [0.2, 0.25) is 11.8 Å². The minimum absolute atomic E-state index is 0.0369. The van der Waals surface area contributed by atoms with Gasteiger partial charge in [-0.1, -0.05) is 74.0 Å². The number of rotatable bonds is 11. The average molecular weight is 650 g/mol. The second kappa shape index (κ2) is 15.0. The molecule has 0 radical (unpaired) electrons. The van der Waals surface area contributed by atoms with Crippen molar-refractivity contribution in [2.75, 3.05) is 19.7 Å². The minimum atomic E-state index is -0.921. The molecule has 3 aromatic rings. The van der Waals surface area contributed by atoms with Crippen LogP contribution in [0.5, 0.6) is 5.75 Å². The standard InChI is InChI=1S/C40H47N3O5/c1-26(2)31-23-32-38(40(48)43(39(32)47)30-17-20-42(21-18-30)24-27-10-4-3-5-11-27)33(25-44)37(31)36(46)16-15-28(34-13-8-9-19-41-34)22-29-12-6-7-14-35(29)45/h3-14,19,22,26,30,32-33,36,38,44-46H,15-18,20-21,23-25H2,1-2H3/b28-22-/t32-,33+,36-,38-/m1/s1. The number of pyridine rings is 1. The van der Waals surface area contributed by atoms with E-state index in [1.54, 1.807) is 18.3 Å². The number of aliphatic hydroxyl groups is 2. The van der Waals surface area contributed by atoms with Crippen molar-refractivity contribution in [1.29, 1.82) is 0 Å². The normalized spacial score (nSPS) is 23.2. The number of nitrogens with zero attached hydrogens (tertiary/aromatic N) is 3. The number of carbonyl (C=O) groups excluding carboxylic acids is 2. The number of phenols is 1. The van der Waals surface area contributed by atoms with Gasteiger partial charge < -0.3 is 15.3 Å². The number of hydrogen-bond acceptors (Lipinski definition) is 7. The fourth-order valence-electron chi connectivity index (χ4n) is 8.08. The molecule has 2 amide bonds. The van der Waals surface area contributed by atoms with Crippen LogP contribution < -0.4 is 0 Å². The number of allylic oxidation sites excluding steroid dienone is 2. The Labute approximate surface area is 283 Å². The van der Waals surface area contributed by atoms with Gasteiger partial charge in [-0.05, 0) is 79.0 Å². The number of aliphatic hydroxyl groups excluding tert-OH is 2. The van der Waals surface area contributed by atoms with E-state index in [0.29, 0.717) is 30.4 Å². The van der Waals surface area contributed by atoms with E-state index in [-0.39, 0.29) is 36.1 Å². The second-order valence-corrected chi connectivity index (χ2v) is 13.8. The molecule has 48 heavy (non-hydrogen) atoms. The lowest BCUT2D eigenvalue weighted by molar-refractivity contribution is -0.144. The number of hydrogen-bond donors (Lipinski definition) is 3. The lowest BCUT2D eigenvalue weighted by Crippen LogP contribution is -2.47. The van der Waals surface area contributed by atoms with Crippen molar-refractivity contribution < 1.29 is 24.9 Å². The van der Waals surface area contributed by atoms with Gasteiger partial charge in [0.1, 0.15) is 5.75 Å². The number of carbonyl (C=O) groups is 2. The van der Waals surface area contributed by atoms with E-state index in [0.717, 1.165) is 49.3 Å². The van der Waals surface area contributed by atoms with Crippen LogP contribution in [-0.2, 0) is 16.1 Å². The molecule has 0 saturated carbocycles. The SMILES string of the molecule is CC(C)C1=C([C@H](O)CC/C(=C/c2ccccc2O)c2ccccn2)[C@H](CO)[C@@H]2C(=O)N(C3CCN(Cc4ccccc4)CC3)C(=O)[C@@H]2C1. The average Bonchev–Trinajstić information content (AvgIpc) is 3.36. The van der Waals surface area contributed by atoms with Crippen LogP contribution in [0.25, 0.3) is 11.6 Å². The summed E-state index contributed by atoms with van der Waals surface area (Å²) in [5, 5.41) is 33.2. The zero-order valence-corrected chi connectivity index (χ0v) is 27.9. The summed E-state index contributed by atoms with van der Waals surface area (Å²) in [4.78, 5) is 36.6. The molecule has 0 spiro atoms. The van der Waals surface area contributed by atoms with Crippen LogP contribution in [0.4, 0.5) is 0 Å². The van der Waals surface area contributed by atoms with Crippen LogP contribution >= 0.6 is 0 Å². The van der Waals surface area contributed by atoms with E-state index < -0.39 is 23.9 Å². The summed E-state index contributed by atoms with van der Waals surface area (Å²) in [7, 11) is 0. The quantitative estimate of drug-likeness (QED) is 0.180. The van der Waals surface area contributed by atoms with Gasteiger partial charge in [0.25, 0.3) is 0 Å². The monoisotopic (exact) mass is 649 g/mol. The molecule has 252 valence electrons. The summed E-state index contributed by atoms with van der Waals surface area (Å²) in [6.07, 6.45) is 5.35. The van der Waals surface area contributed by atoms with Crippen molar-refractivity contribution in [3.8, 4) is 5.75 Å². The van der Waals surface area contributed by atoms with E-state index in [9.17, 15) is 24.9 Å². The molecule has 8 nitrogen and oxygen atoms in total. The van der Waals surface area contributed by atoms with Crippen molar-refractivity contribution in [3.05, 3.63) is 107 Å². The van der Waals surface area contributed by atoms with Gasteiger partial charge in [-0.15, -0.1) is 0 Å². The number of likely N-dealkylation sites (tertiary alicyclic amines) is 2. The van der Waals surface area contributed by atoms with Crippen LogP contribution in [-0.4, -0.2) is 73.8 Å². The number of piperidine rings is 1. The number of aromatic nitrogens is 1. The van der Waals surface area contributed by atoms with Crippen LogP contribution in [0.2, 0.25) is 0 Å². The zero-order valence-electron chi connectivity index (χ0n) is 27.9. The first-order valence-corrected chi connectivity index (χ1v) is 17.3. The van der Waals surface area contributed by atoms with Crippen molar-refractivity contribution in [1.82, 2.24) is 14.8 Å². The molecule has 8 heteroatoms. The van der Waals surface area contributed by atoms with Gasteiger partial charge in [0.05, 0.1) is 30.2 Å². The smallest absolute Gasteiger partial charge is 0.234 e. The molecule has 1 aromatic heterocycles. The Bertz CT molecular complexity index is 1650. The number of amides is 2. The third kappa shape index (κ3) is 7.02. The summed E-state index contributed by atoms with van der Waals surface area (Å²) in [5.41, 5.74) is 5.18. The van der Waals surface area contributed by atoms with E-state index in [2.05, 4.69) is 35.9 Å². The number of fused-ring (bicyclic) bond motifs is 1. The molecular weight excluding hydrogens is 602 g/mol. The van der Waals surface area contributed by atoms with E-state index in [1.807, 2.05) is 54.6 Å². The molecule has 2 aliphatic heterocycles. The lowest BCUT2D eigenvalue weighted by atomic mass is 9.66. The molecule has 2 saturated heterocycles. The van der Waals surface area contributed by atoms with Gasteiger partial charge in [0.15, 0.2) is 0 Å². The zero-order chi connectivity index (χ0) is 33.8. The van der Waals surface area contributed by atoms with Crippen molar-refractivity contribution in [3.63, 3.8) is 0 Å². The summed E-state index contributed by atoms with van der Waals surface area (Å²) in [6.45, 7) is 6.25. The summed E-state index contributed by atoms with van der Waals surface area (Å²) in [5.74, 6) is -1.96. The van der Waals surface area contributed by atoms with Crippen molar-refractivity contribution in [2.45, 2.75) is 64.6 Å². The Morgan fingerprint density at radius 2 is 1.67 bits per heavy atom. The Balaban J connectivity index is 1.20. The van der Waals surface area contributed by atoms with E-state index >= 15 is 0 Å². The maximum atomic E-state index is 14.2.